The Kier molecular flexibility index (Phi) is 5.89. The van der Waals surface area contributed by atoms with Gasteiger partial charge < -0.3 is 4.74 Å². The lowest BCUT2D eigenvalue weighted by Gasteiger charge is -2.41. The predicted molar refractivity (Wildman–Crippen MR) is 114 cm³/mol. The molecule has 5 nitrogen and oxygen atoms in total. The van der Waals surface area contributed by atoms with Gasteiger partial charge in [-0.1, -0.05) is 54.2 Å². The first kappa shape index (κ1) is 19.6. The van der Waals surface area contributed by atoms with Crippen LogP contribution in [0.15, 0.2) is 65.2 Å². The summed E-state index contributed by atoms with van der Waals surface area (Å²) in [5, 5.41) is 10.7. The molecule has 6 heteroatoms. The van der Waals surface area contributed by atoms with Crippen LogP contribution in [0.2, 0.25) is 0 Å². The van der Waals surface area contributed by atoms with Crippen LogP contribution in [0.1, 0.15) is 30.4 Å². The lowest BCUT2D eigenvalue weighted by Crippen LogP contribution is -2.46. The summed E-state index contributed by atoms with van der Waals surface area (Å²) in [7, 11) is 0. The molecule has 2 aromatic rings. The number of ether oxygens (including phenoxy) is 1. The first-order chi connectivity index (χ1) is 14.2. The van der Waals surface area contributed by atoms with Crippen LogP contribution in [-0.4, -0.2) is 34.9 Å². The third-order valence-electron chi connectivity index (χ3n) is 5.19. The van der Waals surface area contributed by atoms with Gasteiger partial charge in [0.15, 0.2) is 0 Å². The van der Waals surface area contributed by atoms with Gasteiger partial charge in [-0.2, -0.15) is 5.26 Å². The molecule has 0 aliphatic carbocycles. The maximum atomic E-state index is 13.0. The number of carbonyl (C=O) groups is 1. The van der Waals surface area contributed by atoms with Crippen molar-refractivity contribution in [2.75, 3.05) is 19.2 Å². The summed E-state index contributed by atoms with van der Waals surface area (Å²) >= 11 is 1.58. The molecule has 2 heterocycles. The molecule has 0 radical (unpaired) electrons. The minimum absolute atomic E-state index is 0.0724. The minimum atomic E-state index is -0.192. The number of nitrogens with zero attached hydrogens (tertiary/aromatic N) is 3. The SMILES string of the molecule is CCOc1ccc([C@H]2CC(=O)N3CN(Cc4ccccc4)CSC3=C2C#N)cc1. The molecule has 29 heavy (non-hydrogen) atoms. The number of amides is 1. The summed E-state index contributed by atoms with van der Waals surface area (Å²) in [5.74, 6) is 1.44. The van der Waals surface area contributed by atoms with Crippen molar-refractivity contribution in [2.24, 2.45) is 0 Å². The molecule has 1 saturated heterocycles. The Bertz CT molecular complexity index is 950. The average Bonchev–Trinajstić information content (AvgIpc) is 2.75. The van der Waals surface area contributed by atoms with Gasteiger partial charge in [-0.15, -0.1) is 0 Å². The average molecular weight is 406 g/mol. The molecular formula is C23H23N3O2S. The third kappa shape index (κ3) is 4.16. The zero-order valence-corrected chi connectivity index (χ0v) is 17.2. The quantitative estimate of drug-likeness (QED) is 0.742. The van der Waals surface area contributed by atoms with E-state index in [1.54, 1.807) is 16.7 Å². The highest BCUT2D eigenvalue weighted by Gasteiger charge is 2.38. The van der Waals surface area contributed by atoms with Crippen molar-refractivity contribution >= 4 is 17.7 Å². The zero-order valence-electron chi connectivity index (χ0n) is 16.4. The van der Waals surface area contributed by atoms with Gasteiger partial charge in [0.05, 0.1) is 35.8 Å². The van der Waals surface area contributed by atoms with Crippen molar-refractivity contribution in [1.29, 1.82) is 5.26 Å². The molecule has 0 saturated carbocycles. The topological polar surface area (TPSA) is 56.6 Å². The Morgan fingerprint density at radius 2 is 1.93 bits per heavy atom. The number of allylic oxidation sites excluding steroid dienone is 1. The second-order valence-corrected chi connectivity index (χ2v) is 8.07. The van der Waals surface area contributed by atoms with Gasteiger partial charge in [-0.05, 0) is 30.2 Å². The molecule has 1 amide bonds. The molecule has 0 unspecified atom stereocenters. The van der Waals surface area contributed by atoms with Gasteiger partial charge in [0.25, 0.3) is 0 Å². The fourth-order valence-electron chi connectivity index (χ4n) is 3.80. The Hall–Kier alpha value is -2.75. The van der Waals surface area contributed by atoms with Gasteiger partial charge in [0.2, 0.25) is 5.91 Å². The Morgan fingerprint density at radius 1 is 1.17 bits per heavy atom. The van der Waals surface area contributed by atoms with E-state index in [0.29, 0.717) is 25.3 Å². The molecule has 4 rings (SSSR count). The van der Waals surface area contributed by atoms with Crippen LogP contribution in [0.25, 0.3) is 0 Å². The van der Waals surface area contributed by atoms with Crippen molar-refractivity contribution in [3.8, 4) is 11.8 Å². The Balaban J connectivity index is 1.56. The van der Waals surface area contributed by atoms with Crippen LogP contribution < -0.4 is 4.74 Å². The summed E-state index contributed by atoms with van der Waals surface area (Å²) in [6, 6.07) is 20.4. The van der Waals surface area contributed by atoms with Crippen LogP contribution in [-0.2, 0) is 11.3 Å². The highest BCUT2D eigenvalue weighted by atomic mass is 32.2. The number of carbonyl (C=O) groups excluding carboxylic acids is 1. The summed E-state index contributed by atoms with van der Waals surface area (Å²) in [6.45, 7) is 3.87. The van der Waals surface area contributed by atoms with E-state index in [9.17, 15) is 10.1 Å². The molecule has 0 spiro atoms. The number of thioether (sulfide) groups is 1. The van der Waals surface area contributed by atoms with Crippen LogP contribution in [0.5, 0.6) is 5.75 Å². The third-order valence-corrected chi connectivity index (χ3v) is 6.40. The van der Waals surface area contributed by atoms with E-state index in [4.69, 9.17) is 4.74 Å². The second-order valence-electron chi connectivity index (χ2n) is 7.14. The van der Waals surface area contributed by atoms with Crippen molar-refractivity contribution in [3.05, 3.63) is 76.3 Å². The van der Waals surface area contributed by atoms with Crippen LogP contribution in [0.3, 0.4) is 0 Å². The van der Waals surface area contributed by atoms with Gasteiger partial charge in [-0.3, -0.25) is 14.6 Å². The number of hydrogen-bond donors (Lipinski definition) is 0. The maximum absolute atomic E-state index is 13.0. The Labute approximate surface area is 175 Å². The molecule has 0 aromatic heterocycles. The van der Waals surface area contributed by atoms with Crippen molar-refractivity contribution in [2.45, 2.75) is 25.8 Å². The Morgan fingerprint density at radius 3 is 2.62 bits per heavy atom. The lowest BCUT2D eigenvalue weighted by molar-refractivity contribution is -0.131. The second kappa shape index (κ2) is 8.73. The largest absolute Gasteiger partial charge is 0.494 e. The highest BCUT2D eigenvalue weighted by molar-refractivity contribution is 8.03. The van der Waals surface area contributed by atoms with Gasteiger partial charge in [0, 0.05) is 18.9 Å². The fraction of sp³-hybridized carbons (Fsp3) is 0.304. The normalized spacial score (nSPS) is 19.7. The standard InChI is InChI=1S/C23H23N3O2S/c1-2-28-19-10-8-18(9-11-19)20-12-22(27)26-15-25(14-17-6-4-3-5-7-17)16-29-23(26)21(20)13-24/h3-11,20H,2,12,14-16H2,1H3/t20-/m1/s1. The number of fused-ring (bicyclic) bond motifs is 1. The molecule has 0 bridgehead atoms. The highest BCUT2D eigenvalue weighted by Crippen LogP contribution is 2.42. The minimum Gasteiger partial charge on any atom is -0.494 e. The van der Waals surface area contributed by atoms with E-state index in [-0.39, 0.29) is 11.8 Å². The molecule has 1 fully saturated rings. The lowest BCUT2D eigenvalue weighted by atomic mass is 9.86. The number of rotatable bonds is 5. The summed E-state index contributed by atoms with van der Waals surface area (Å²) in [6.07, 6.45) is 0.320. The van der Waals surface area contributed by atoms with Crippen molar-refractivity contribution in [1.82, 2.24) is 9.80 Å². The zero-order chi connectivity index (χ0) is 20.2. The molecule has 2 aliphatic heterocycles. The van der Waals surface area contributed by atoms with Gasteiger partial charge in [-0.25, -0.2) is 0 Å². The van der Waals surface area contributed by atoms with Crippen LogP contribution >= 0.6 is 11.8 Å². The first-order valence-corrected chi connectivity index (χ1v) is 10.7. The van der Waals surface area contributed by atoms with Crippen LogP contribution in [0.4, 0.5) is 0 Å². The molecule has 0 N–H and O–H groups in total. The van der Waals surface area contributed by atoms with Crippen molar-refractivity contribution < 1.29 is 9.53 Å². The molecule has 2 aromatic carbocycles. The van der Waals surface area contributed by atoms with E-state index in [0.717, 1.165) is 28.8 Å². The van der Waals surface area contributed by atoms with E-state index >= 15 is 0 Å². The van der Waals surface area contributed by atoms with E-state index < -0.39 is 0 Å². The van der Waals surface area contributed by atoms with Gasteiger partial charge >= 0.3 is 0 Å². The fourth-order valence-corrected chi connectivity index (χ4v) is 4.93. The van der Waals surface area contributed by atoms with E-state index in [1.165, 1.54) is 5.56 Å². The molecule has 1 atom stereocenters. The monoisotopic (exact) mass is 405 g/mol. The molecule has 148 valence electrons. The number of benzene rings is 2. The van der Waals surface area contributed by atoms with E-state index in [2.05, 4.69) is 23.1 Å². The summed E-state index contributed by atoms with van der Waals surface area (Å²) in [5.41, 5.74) is 2.90. The maximum Gasteiger partial charge on any atom is 0.229 e. The first-order valence-electron chi connectivity index (χ1n) is 9.76. The van der Waals surface area contributed by atoms with Crippen LogP contribution in [0, 0.1) is 11.3 Å². The van der Waals surface area contributed by atoms with Crippen molar-refractivity contribution in [3.63, 3.8) is 0 Å². The predicted octanol–water partition coefficient (Wildman–Crippen LogP) is 4.30. The van der Waals surface area contributed by atoms with E-state index in [1.807, 2.05) is 49.4 Å². The number of hydrogen-bond acceptors (Lipinski definition) is 5. The summed E-state index contributed by atoms with van der Waals surface area (Å²) < 4.78 is 5.51. The molecule has 2 aliphatic rings. The number of nitriles is 1. The summed E-state index contributed by atoms with van der Waals surface area (Å²) in [4.78, 5) is 17.0. The smallest absolute Gasteiger partial charge is 0.229 e. The molecular weight excluding hydrogens is 382 g/mol. The van der Waals surface area contributed by atoms with Gasteiger partial charge in [0.1, 0.15) is 5.75 Å².